The Balaban J connectivity index is 2.21. The summed E-state index contributed by atoms with van der Waals surface area (Å²) in [5.41, 5.74) is 2.64. The molecule has 0 heterocycles. The van der Waals surface area contributed by atoms with Crippen molar-refractivity contribution in [3.8, 4) is 5.75 Å². The van der Waals surface area contributed by atoms with E-state index in [4.69, 9.17) is 4.18 Å². The lowest BCUT2D eigenvalue weighted by Crippen LogP contribution is -2.36. The van der Waals surface area contributed by atoms with Gasteiger partial charge in [-0.3, -0.25) is 4.79 Å². The second kappa shape index (κ2) is 9.04. The van der Waals surface area contributed by atoms with Crippen molar-refractivity contribution in [3.63, 3.8) is 0 Å². The van der Waals surface area contributed by atoms with Gasteiger partial charge in [0.1, 0.15) is 5.75 Å². The molecule has 2 rings (SSSR count). The first kappa shape index (κ1) is 21.0. The average Bonchev–Trinajstić information content (AvgIpc) is 2.65. The zero-order valence-corrected chi connectivity index (χ0v) is 17.1. The zero-order valence-electron chi connectivity index (χ0n) is 16.3. The SMILES string of the molecule is CCc1ccc(C(=O)N(Cc2cccc(OS(=O)(=O)CC)c2)C(C)C)cc1. The molecule has 0 N–H and O–H groups in total. The molecule has 27 heavy (non-hydrogen) atoms. The normalized spacial score (nSPS) is 11.4. The topological polar surface area (TPSA) is 63.7 Å². The third kappa shape index (κ3) is 5.82. The van der Waals surface area contributed by atoms with Crippen LogP contribution in [0, 0.1) is 0 Å². The maximum Gasteiger partial charge on any atom is 0.308 e. The van der Waals surface area contributed by atoms with E-state index in [1.54, 1.807) is 23.1 Å². The quantitative estimate of drug-likeness (QED) is 0.640. The van der Waals surface area contributed by atoms with Crippen LogP contribution in [-0.4, -0.2) is 31.0 Å². The van der Waals surface area contributed by atoms with Crippen LogP contribution in [0.15, 0.2) is 48.5 Å². The molecule has 2 aromatic rings. The van der Waals surface area contributed by atoms with Gasteiger partial charge < -0.3 is 9.08 Å². The predicted octanol–water partition coefficient (Wildman–Crippen LogP) is 4.03. The molecule has 0 aromatic heterocycles. The molecule has 0 atom stereocenters. The summed E-state index contributed by atoms with van der Waals surface area (Å²) >= 11 is 0. The van der Waals surface area contributed by atoms with Crippen LogP contribution in [0.1, 0.15) is 49.2 Å². The van der Waals surface area contributed by atoms with Crippen LogP contribution in [0.4, 0.5) is 0 Å². The Kier molecular flexibility index (Phi) is 7.02. The largest absolute Gasteiger partial charge is 0.382 e. The van der Waals surface area contributed by atoms with Crippen LogP contribution in [0.5, 0.6) is 5.75 Å². The lowest BCUT2D eigenvalue weighted by molar-refractivity contribution is 0.0690. The van der Waals surface area contributed by atoms with E-state index < -0.39 is 10.1 Å². The fourth-order valence-electron chi connectivity index (χ4n) is 2.64. The maximum atomic E-state index is 12.9. The molecule has 0 fully saturated rings. The van der Waals surface area contributed by atoms with Crippen molar-refractivity contribution >= 4 is 16.0 Å². The van der Waals surface area contributed by atoms with Gasteiger partial charge in [-0.1, -0.05) is 31.2 Å². The number of hydrogen-bond donors (Lipinski definition) is 0. The summed E-state index contributed by atoms with van der Waals surface area (Å²) < 4.78 is 28.4. The van der Waals surface area contributed by atoms with Gasteiger partial charge in [-0.15, -0.1) is 0 Å². The summed E-state index contributed by atoms with van der Waals surface area (Å²) in [6, 6.07) is 14.5. The molecule has 0 bridgehead atoms. The van der Waals surface area contributed by atoms with E-state index >= 15 is 0 Å². The van der Waals surface area contributed by atoms with Crippen molar-refractivity contribution in [3.05, 3.63) is 65.2 Å². The van der Waals surface area contributed by atoms with Crippen molar-refractivity contribution < 1.29 is 17.4 Å². The van der Waals surface area contributed by atoms with Crippen molar-refractivity contribution in [1.82, 2.24) is 4.90 Å². The van der Waals surface area contributed by atoms with Crippen LogP contribution in [0.3, 0.4) is 0 Å². The predicted molar refractivity (Wildman–Crippen MR) is 107 cm³/mol. The van der Waals surface area contributed by atoms with Gasteiger partial charge in [-0.25, -0.2) is 0 Å². The van der Waals surface area contributed by atoms with Crippen LogP contribution < -0.4 is 4.18 Å². The number of amides is 1. The van der Waals surface area contributed by atoms with Gasteiger partial charge >= 0.3 is 10.1 Å². The first-order chi connectivity index (χ1) is 12.8. The Hall–Kier alpha value is -2.34. The van der Waals surface area contributed by atoms with Crippen LogP contribution in [-0.2, 0) is 23.1 Å². The van der Waals surface area contributed by atoms with E-state index in [1.807, 2.05) is 44.2 Å². The Bertz CT molecular complexity index is 873. The van der Waals surface area contributed by atoms with E-state index in [1.165, 1.54) is 12.5 Å². The van der Waals surface area contributed by atoms with Gasteiger partial charge in [-0.2, -0.15) is 8.42 Å². The second-order valence-corrected chi connectivity index (χ2v) is 8.51. The molecular formula is C21H27NO4S. The molecule has 5 nitrogen and oxygen atoms in total. The number of benzene rings is 2. The number of aryl methyl sites for hydroxylation is 1. The molecule has 0 unspecified atom stereocenters. The fourth-order valence-corrected chi connectivity index (χ4v) is 3.15. The van der Waals surface area contributed by atoms with Crippen LogP contribution >= 0.6 is 0 Å². The Morgan fingerprint density at radius 2 is 1.70 bits per heavy atom. The highest BCUT2D eigenvalue weighted by molar-refractivity contribution is 7.87. The van der Waals surface area contributed by atoms with E-state index in [2.05, 4.69) is 6.92 Å². The molecule has 0 saturated heterocycles. The van der Waals surface area contributed by atoms with E-state index in [9.17, 15) is 13.2 Å². The Morgan fingerprint density at radius 3 is 2.26 bits per heavy atom. The smallest absolute Gasteiger partial charge is 0.308 e. The molecule has 0 saturated carbocycles. The summed E-state index contributed by atoms with van der Waals surface area (Å²) in [5, 5.41) is 0. The van der Waals surface area contributed by atoms with E-state index in [-0.39, 0.29) is 23.5 Å². The molecule has 0 aliphatic heterocycles. The van der Waals surface area contributed by atoms with Gasteiger partial charge in [0, 0.05) is 18.2 Å². The number of carbonyl (C=O) groups excluding carboxylic acids is 1. The standard InChI is InChI=1S/C21H27NO4S/c1-5-17-10-12-19(13-11-17)21(23)22(16(3)4)15-18-8-7-9-20(14-18)26-27(24,25)6-2/h7-14,16H,5-6,15H2,1-4H3. The van der Waals surface area contributed by atoms with Gasteiger partial charge in [0.25, 0.3) is 5.91 Å². The molecule has 1 amide bonds. The summed E-state index contributed by atoms with van der Waals surface area (Å²) in [6.07, 6.45) is 0.926. The minimum Gasteiger partial charge on any atom is -0.382 e. The number of rotatable bonds is 8. The molecule has 146 valence electrons. The number of carbonyl (C=O) groups is 1. The lowest BCUT2D eigenvalue weighted by Gasteiger charge is -2.27. The summed E-state index contributed by atoms with van der Waals surface area (Å²) in [4.78, 5) is 14.7. The Morgan fingerprint density at radius 1 is 1.04 bits per heavy atom. The van der Waals surface area contributed by atoms with E-state index in [0.29, 0.717) is 12.1 Å². The molecule has 0 radical (unpaired) electrons. The molecule has 0 aliphatic carbocycles. The van der Waals surface area contributed by atoms with Gasteiger partial charge in [0.15, 0.2) is 0 Å². The van der Waals surface area contributed by atoms with Crippen LogP contribution in [0.25, 0.3) is 0 Å². The van der Waals surface area contributed by atoms with Crippen molar-refractivity contribution in [1.29, 1.82) is 0 Å². The highest BCUT2D eigenvalue weighted by atomic mass is 32.2. The highest BCUT2D eigenvalue weighted by Gasteiger charge is 2.19. The minimum absolute atomic E-state index is 0.00713. The molecule has 0 aliphatic rings. The zero-order chi connectivity index (χ0) is 20.0. The average molecular weight is 390 g/mol. The first-order valence-electron chi connectivity index (χ1n) is 9.16. The number of nitrogens with zero attached hydrogens (tertiary/aromatic N) is 1. The lowest BCUT2D eigenvalue weighted by atomic mass is 10.1. The fraction of sp³-hybridized carbons (Fsp3) is 0.381. The molecule has 2 aromatic carbocycles. The summed E-state index contributed by atoms with van der Waals surface area (Å²) in [6.45, 7) is 7.89. The highest BCUT2D eigenvalue weighted by Crippen LogP contribution is 2.19. The first-order valence-corrected chi connectivity index (χ1v) is 10.7. The molecule has 6 heteroatoms. The van der Waals surface area contributed by atoms with E-state index in [0.717, 1.165) is 12.0 Å². The summed E-state index contributed by atoms with van der Waals surface area (Å²) in [7, 11) is -3.58. The minimum atomic E-state index is -3.58. The van der Waals surface area contributed by atoms with Crippen molar-refractivity contribution in [2.75, 3.05) is 5.75 Å². The van der Waals surface area contributed by atoms with Gasteiger partial charge in [0.2, 0.25) is 0 Å². The Labute approximate surface area is 162 Å². The third-order valence-corrected chi connectivity index (χ3v) is 5.47. The van der Waals surface area contributed by atoms with Gasteiger partial charge in [-0.05, 0) is 62.6 Å². The van der Waals surface area contributed by atoms with Crippen molar-refractivity contribution in [2.45, 2.75) is 46.7 Å². The van der Waals surface area contributed by atoms with Crippen LogP contribution in [0.2, 0.25) is 0 Å². The van der Waals surface area contributed by atoms with Gasteiger partial charge in [0.05, 0.1) is 5.75 Å². The number of hydrogen-bond acceptors (Lipinski definition) is 4. The second-order valence-electron chi connectivity index (χ2n) is 6.65. The van der Waals surface area contributed by atoms with Crippen molar-refractivity contribution in [2.24, 2.45) is 0 Å². The summed E-state index contributed by atoms with van der Waals surface area (Å²) in [5.74, 6) is 0.111. The third-order valence-electron chi connectivity index (χ3n) is 4.32. The molecule has 0 spiro atoms. The maximum absolute atomic E-state index is 12.9. The molecular weight excluding hydrogens is 362 g/mol. The monoisotopic (exact) mass is 389 g/mol.